The van der Waals surface area contributed by atoms with Crippen molar-refractivity contribution in [3.05, 3.63) is 67.1 Å². The number of carbonyl (C=O) groups is 1. The van der Waals surface area contributed by atoms with Gasteiger partial charge in [-0.1, -0.05) is 30.3 Å². The predicted molar refractivity (Wildman–Crippen MR) is 132 cm³/mol. The fourth-order valence-corrected chi connectivity index (χ4v) is 4.91. The van der Waals surface area contributed by atoms with E-state index >= 15 is 0 Å². The molecule has 0 saturated heterocycles. The molecule has 1 aliphatic carbocycles. The van der Waals surface area contributed by atoms with E-state index in [1.807, 2.05) is 54.6 Å². The summed E-state index contributed by atoms with van der Waals surface area (Å²) in [4.78, 5) is 20.2. The molecule has 0 spiro atoms. The normalized spacial score (nSPS) is 20.3. The zero-order valence-corrected chi connectivity index (χ0v) is 18.9. The van der Waals surface area contributed by atoms with E-state index in [1.165, 1.54) is 6.33 Å². The van der Waals surface area contributed by atoms with Gasteiger partial charge in [0.1, 0.15) is 29.3 Å². The van der Waals surface area contributed by atoms with Crippen LogP contribution in [0.5, 0.6) is 11.5 Å². The molecule has 1 fully saturated rings. The number of benzene rings is 2. The molecule has 6 N–H and O–H groups in total. The molecule has 8 heteroatoms. The number of rotatable bonds is 6. The van der Waals surface area contributed by atoms with Gasteiger partial charge >= 0.3 is 0 Å². The lowest BCUT2D eigenvalue weighted by molar-refractivity contribution is -0.119. The number of carbonyl (C=O) groups excluding carboxylic acids is 1. The summed E-state index contributed by atoms with van der Waals surface area (Å²) in [6, 6.07) is 17.8. The van der Waals surface area contributed by atoms with Crippen LogP contribution < -0.4 is 21.9 Å². The molecule has 2 aromatic heterocycles. The van der Waals surface area contributed by atoms with Gasteiger partial charge in [0.25, 0.3) is 0 Å². The molecule has 0 bridgehead atoms. The van der Waals surface area contributed by atoms with Crippen molar-refractivity contribution in [1.82, 2.24) is 14.5 Å². The predicted octanol–water partition coefficient (Wildman–Crippen LogP) is 4.16. The molecule has 1 amide bonds. The molecule has 2 heterocycles. The number of nitrogens with two attached hydrogens (primary N) is 3. The Hall–Kier alpha value is -3.91. The van der Waals surface area contributed by atoms with Gasteiger partial charge in [0, 0.05) is 29.8 Å². The molecule has 2 aromatic carbocycles. The summed E-state index contributed by atoms with van der Waals surface area (Å²) in [6.07, 6.45) is 6.93. The molecular formula is C26H28N6O2. The molecule has 0 radical (unpaired) electrons. The van der Waals surface area contributed by atoms with E-state index in [-0.39, 0.29) is 18.4 Å². The number of nitrogens with zero attached hydrogens (tertiary/aromatic N) is 3. The van der Waals surface area contributed by atoms with Crippen LogP contribution >= 0.6 is 0 Å². The topological polar surface area (TPSA) is 135 Å². The van der Waals surface area contributed by atoms with Gasteiger partial charge in [0.15, 0.2) is 0 Å². The van der Waals surface area contributed by atoms with Crippen LogP contribution in [0.1, 0.15) is 38.1 Å². The molecule has 1 aliphatic rings. The Morgan fingerprint density at radius 1 is 1.03 bits per heavy atom. The smallest absolute Gasteiger partial charge is 0.219 e. The van der Waals surface area contributed by atoms with Crippen LogP contribution in [0.3, 0.4) is 0 Å². The fraction of sp³-hybridized carbons (Fsp3) is 0.269. The zero-order chi connectivity index (χ0) is 23.7. The minimum Gasteiger partial charge on any atom is -0.457 e. The number of ether oxygens (including phenoxy) is 1. The first kappa shape index (κ1) is 21.9. The van der Waals surface area contributed by atoms with Gasteiger partial charge < -0.3 is 26.5 Å². The molecule has 0 aliphatic heterocycles. The van der Waals surface area contributed by atoms with Gasteiger partial charge in [-0.25, -0.2) is 9.97 Å². The number of fused-ring (bicyclic) bond motifs is 1. The Morgan fingerprint density at radius 3 is 2.38 bits per heavy atom. The van der Waals surface area contributed by atoms with E-state index in [0.29, 0.717) is 5.82 Å². The summed E-state index contributed by atoms with van der Waals surface area (Å²) < 4.78 is 8.11. The lowest BCUT2D eigenvalue weighted by atomic mass is 9.78. The quantitative estimate of drug-likeness (QED) is 0.399. The Labute approximate surface area is 197 Å². The number of amides is 1. The number of para-hydroxylation sites is 1. The number of anilines is 1. The molecule has 174 valence electrons. The maximum atomic E-state index is 11.4. The summed E-state index contributed by atoms with van der Waals surface area (Å²) in [7, 11) is 0. The first-order chi connectivity index (χ1) is 16.4. The van der Waals surface area contributed by atoms with E-state index in [9.17, 15) is 4.79 Å². The van der Waals surface area contributed by atoms with E-state index in [0.717, 1.165) is 59.3 Å². The summed E-state index contributed by atoms with van der Waals surface area (Å²) in [5.41, 5.74) is 20.4. The van der Waals surface area contributed by atoms with E-state index in [4.69, 9.17) is 21.9 Å². The average Bonchev–Trinajstić information content (AvgIpc) is 3.21. The van der Waals surface area contributed by atoms with Crippen molar-refractivity contribution >= 4 is 22.8 Å². The first-order valence-electron chi connectivity index (χ1n) is 11.4. The van der Waals surface area contributed by atoms with Crippen LogP contribution in [0.4, 0.5) is 5.82 Å². The Bertz CT molecular complexity index is 1310. The highest BCUT2D eigenvalue weighted by Crippen LogP contribution is 2.40. The summed E-state index contributed by atoms with van der Waals surface area (Å²) in [5.74, 6) is 1.63. The van der Waals surface area contributed by atoms with Crippen molar-refractivity contribution in [3.8, 4) is 22.6 Å². The lowest BCUT2D eigenvalue weighted by Gasteiger charge is -2.37. The molecule has 0 unspecified atom stereocenters. The third-order valence-corrected chi connectivity index (χ3v) is 6.65. The highest BCUT2D eigenvalue weighted by molar-refractivity contribution is 6.00. The molecule has 5 rings (SSSR count). The van der Waals surface area contributed by atoms with Crippen molar-refractivity contribution in [2.45, 2.75) is 43.7 Å². The van der Waals surface area contributed by atoms with Crippen molar-refractivity contribution in [3.63, 3.8) is 0 Å². The molecule has 34 heavy (non-hydrogen) atoms. The number of primary amides is 1. The van der Waals surface area contributed by atoms with E-state index < -0.39 is 5.54 Å². The number of aromatic nitrogens is 3. The van der Waals surface area contributed by atoms with Gasteiger partial charge in [0.05, 0.1) is 5.39 Å². The van der Waals surface area contributed by atoms with E-state index in [2.05, 4.69) is 20.7 Å². The second-order valence-electron chi connectivity index (χ2n) is 9.08. The zero-order valence-electron chi connectivity index (χ0n) is 18.9. The first-order valence-corrected chi connectivity index (χ1v) is 11.4. The molecule has 1 saturated carbocycles. The van der Waals surface area contributed by atoms with Crippen molar-refractivity contribution < 1.29 is 9.53 Å². The largest absolute Gasteiger partial charge is 0.457 e. The van der Waals surface area contributed by atoms with Gasteiger partial charge in [-0.2, -0.15) is 0 Å². The minimum absolute atomic E-state index is 0.204. The van der Waals surface area contributed by atoms with Crippen molar-refractivity contribution in [2.75, 3.05) is 5.73 Å². The Balaban J connectivity index is 1.45. The standard InChI is InChI=1S/C26H28N6O2/c27-22(33)14-26(29)12-10-18(11-13-26)32-15-21(23-24(28)30-16-31-25(23)32)17-6-8-20(9-7-17)34-19-4-2-1-3-5-19/h1-9,15-16,18H,10-14,29H2,(H2,27,33)(H2,28,30,31). The Kier molecular flexibility index (Phi) is 5.67. The van der Waals surface area contributed by atoms with Gasteiger partial charge in [-0.15, -0.1) is 0 Å². The minimum atomic E-state index is -0.531. The highest BCUT2D eigenvalue weighted by Gasteiger charge is 2.34. The monoisotopic (exact) mass is 456 g/mol. The molecule has 4 aromatic rings. The fourth-order valence-electron chi connectivity index (χ4n) is 4.91. The molecule has 0 atom stereocenters. The second kappa shape index (κ2) is 8.79. The number of hydrogen-bond donors (Lipinski definition) is 3. The van der Waals surface area contributed by atoms with Crippen LogP contribution in [-0.2, 0) is 4.79 Å². The van der Waals surface area contributed by atoms with Gasteiger partial charge in [-0.05, 0) is 55.5 Å². The average molecular weight is 457 g/mol. The molecular weight excluding hydrogens is 428 g/mol. The van der Waals surface area contributed by atoms with Crippen molar-refractivity contribution in [1.29, 1.82) is 0 Å². The van der Waals surface area contributed by atoms with Gasteiger partial charge in [-0.3, -0.25) is 4.79 Å². The number of nitrogen functional groups attached to an aromatic ring is 1. The highest BCUT2D eigenvalue weighted by atomic mass is 16.5. The van der Waals surface area contributed by atoms with Crippen LogP contribution in [-0.4, -0.2) is 26.0 Å². The van der Waals surface area contributed by atoms with E-state index in [1.54, 1.807) is 0 Å². The lowest BCUT2D eigenvalue weighted by Crippen LogP contribution is -2.46. The van der Waals surface area contributed by atoms with Crippen LogP contribution in [0.15, 0.2) is 67.1 Å². The second-order valence-corrected chi connectivity index (χ2v) is 9.08. The number of hydrogen-bond acceptors (Lipinski definition) is 6. The summed E-state index contributed by atoms with van der Waals surface area (Å²) in [5, 5.41) is 0.834. The van der Waals surface area contributed by atoms with Crippen LogP contribution in [0.2, 0.25) is 0 Å². The SMILES string of the molecule is NC(=O)CC1(N)CCC(n2cc(-c3ccc(Oc4ccccc4)cc3)c3c(N)ncnc32)CC1. The van der Waals surface area contributed by atoms with Crippen LogP contribution in [0.25, 0.3) is 22.2 Å². The van der Waals surface area contributed by atoms with Crippen LogP contribution in [0, 0.1) is 0 Å². The maximum Gasteiger partial charge on any atom is 0.219 e. The molecule has 8 nitrogen and oxygen atoms in total. The maximum absolute atomic E-state index is 11.4. The Morgan fingerprint density at radius 2 is 1.71 bits per heavy atom. The third-order valence-electron chi connectivity index (χ3n) is 6.65. The summed E-state index contributed by atoms with van der Waals surface area (Å²) in [6.45, 7) is 0. The van der Waals surface area contributed by atoms with Gasteiger partial charge in [0.2, 0.25) is 5.91 Å². The summed E-state index contributed by atoms with van der Waals surface area (Å²) >= 11 is 0. The third kappa shape index (κ3) is 4.32. The van der Waals surface area contributed by atoms with Crippen molar-refractivity contribution in [2.24, 2.45) is 11.5 Å².